The zero-order chi connectivity index (χ0) is 32.3. The Kier molecular flexibility index (Phi) is 11.2. The molecule has 0 bridgehead atoms. The van der Waals surface area contributed by atoms with Crippen molar-refractivity contribution in [2.75, 3.05) is 13.2 Å². The fourth-order valence-electron chi connectivity index (χ4n) is 5.65. The normalized spacial score (nSPS) is 24.6. The van der Waals surface area contributed by atoms with E-state index in [0.717, 1.165) is 11.1 Å². The first-order chi connectivity index (χ1) is 19.0. The highest BCUT2D eigenvalue weighted by molar-refractivity contribution is 6.00. The van der Waals surface area contributed by atoms with E-state index in [2.05, 4.69) is 41.5 Å². The highest BCUT2D eigenvalue weighted by Gasteiger charge is 2.41. The summed E-state index contributed by atoms with van der Waals surface area (Å²) in [6.07, 6.45) is 11.6. The Balaban J connectivity index is 1.93. The standard InChI is InChI=1S/C36H54O6/c1-33(2,3)25-19-23(20-26(31(25)39)34(4,5)6)13-15-29(37)41-17-18-42-30(38)16-14-24-21-27(35(7,8)9)32(40)28(22-24)36(10,11)12/h13-16,19,21,23-24,26,28H,17-18,20,22H2,1-12H3. The number of carbonyl (C=O) groups is 4. The molecule has 6 nitrogen and oxygen atoms in total. The van der Waals surface area contributed by atoms with Gasteiger partial charge in [0.05, 0.1) is 0 Å². The van der Waals surface area contributed by atoms with Gasteiger partial charge in [-0.25, -0.2) is 9.59 Å². The van der Waals surface area contributed by atoms with Gasteiger partial charge in [0, 0.05) is 24.0 Å². The Morgan fingerprint density at radius 3 is 1.21 bits per heavy atom. The van der Waals surface area contributed by atoms with Crippen molar-refractivity contribution in [2.45, 2.75) is 95.9 Å². The van der Waals surface area contributed by atoms with E-state index in [1.54, 1.807) is 12.2 Å². The van der Waals surface area contributed by atoms with E-state index in [1.807, 2.05) is 53.7 Å². The van der Waals surface area contributed by atoms with Crippen LogP contribution >= 0.6 is 0 Å². The van der Waals surface area contributed by atoms with Crippen LogP contribution in [0.2, 0.25) is 0 Å². The van der Waals surface area contributed by atoms with Crippen LogP contribution in [0.5, 0.6) is 0 Å². The second-order valence-electron chi connectivity index (χ2n) is 16.1. The van der Waals surface area contributed by atoms with Crippen molar-refractivity contribution >= 4 is 23.5 Å². The molecule has 0 N–H and O–H groups in total. The van der Waals surface area contributed by atoms with Gasteiger partial charge in [-0.1, -0.05) is 107 Å². The number of carbonyl (C=O) groups excluding carboxylic acids is 4. The van der Waals surface area contributed by atoms with Crippen LogP contribution in [-0.4, -0.2) is 36.7 Å². The summed E-state index contributed by atoms with van der Waals surface area (Å²) in [5, 5.41) is 0. The number of esters is 2. The van der Waals surface area contributed by atoms with Gasteiger partial charge >= 0.3 is 11.9 Å². The Hall–Kier alpha value is -2.76. The van der Waals surface area contributed by atoms with Crippen LogP contribution in [0.15, 0.2) is 47.6 Å². The number of ketones is 2. The van der Waals surface area contributed by atoms with Crippen LogP contribution in [0.4, 0.5) is 0 Å². The van der Waals surface area contributed by atoms with Gasteiger partial charge in [0.25, 0.3) is 0 Å². The number of Topliss-reactive ketones (excluding diaryl/α,β-unsaturated/α-hetero) is 2. The summed E-state index contributed by atoms with van der Waals surface area (Å²) in [6, 6.07) is 0. The summed E-state index contributed by atoms with van der Waals surface area (Å²) in [6.45, 7) is 24.5. The van der Waals surface area contributed by atoms with Crippen molar-refractivity contribution in [3.63, 3.8) is 0 Å². The smallest absolute Gasteiger partial charge is 0.330 e. The van der Waals surface area contributed by atoms with Gasteiger partial charge in [-0.3, -0.25) is 9.59 Å². The van der Waals surface area contributed by atoms with Gasteiger partial charge in [-0.2, -0.15) is 0 Å². The molecule has 2 aliphatic carbocycles. The van der Waals surface area contributed by atoms with Gasteiger partial charge in [0.1, 0.15) is 13.2 Å². The van der Waals surface area contributed by atoms with Crippen LogP contribution in [0.3, 0.4) is 0 Å². The van der Waals surface area contributed by atoms with Crippen molar-refractivity contribution in [2.24, 2.45) is 45.3 Å². The highest BCUT2D eigenvalue weighted by Crippen LogP contribution is 2.44. The first-order valence-corrected chi connectivity index (χ1v) is 15.2. The molecular formula is C36H54O6. The van der Waals surface area contributed by atoms with E-state index in [9.17, 15) is 19.2 Å². The lowest BCUT2D eigenvalue weighted by atomic mass is 9.65. The minimum absolute atomic E-state index is 0.0440. The molecule has 0 saturated heterocycles. The van der Waals surface area contributed by atoms with E-state index in [0.29, 0.717) is 12.8 Å². The van der Waals surface area contributed by atoms with E-state index in [1.165, 1.54) is 12.2 Å². The van der Waals surface area contributed by atoms with Crippen LogP contribution in [0.1, 0.15) is 95.9 Å². The number of hydrogen-bond acceptors (Lipinski definition) is 6. The fourth-order valence-corrected chi connectivity index (χ4v) is 5.65. The summed E-state index contributed by atoms with van der Waals surface area (Å²) in [4.78, 5) is 51.0. The Morgan fingerprint density at radius 2 is 0.952 bits per heavy atom. The predicted molar refractivity (Wildman–Crippen MR) is 167 cm³/mol. The molecule has 0 saturated carbocycles. The lowest BCUT2D eigenvalue weighted by molar-refractivity contribution is -0.146. The molecule has 42 heavy (non-hydrogen) atoms. The molecule has 0 radical (unpaired) electrons. The second kappa shape index (κ2) is 13.3. The van der Waals surface area contributed by atoms with Crippen molar-refractivity contribution < 1.29 is 28.7 Å². The molecule has 6 heteroatoms. The van der Waals surface area contributed by atoms with Crippen LogP contribution < -0.4 is 0 Å². The number of rotatable bonds is 7. The topological polar surface area (TPSA) is 86.7 Å². The molecule has 0 fully saturated rings. The number of allylic oxidation sites excluding steroid dienone is 6. The molecule has 4 unspecified atom stereocenters. The minimum Gasteiger partial charge on any atom is -0.459 e. The third-order valence-corrected chi connectivity index (χ3v) is 8.18. The van der Waals surface area contributed by atoms with Gasteiger partial charge in [-0.05, 0) is 57.5 Å². The third kappa shape index (κ3) is 9.91. The summed E-state index contributed by atoms with van der Waals surface area (Å²) in [5.41, 5.74) is 0.687. The lowest BCUT2D eigenvalue weighted by Gasteiger charge is -2.38. The minimum atomic E-state index is -0.517. The molecule has 0 aromatic carbocycles. The quantitative estimate of drug-likeness (QED) is 0.174. The van der Waals surface area contributed by atoms with Crippen molar-refractivity contribution in [3.8, 4) is 0 Å². The maximum absolute atomic E-state index is 13.1. The lowest BCUT2D eigenvalue weighted by Crippen LogP contribution is -2.37. The summed E-state index contributed by atoms with van der Waals surface area (Å²) < 4.78 is 10.5. The molecule has 0 amide bonds. The first-order valence-electron chi connectivity index (χ1n) is 15.2. The molecule has 0 heterocycles. The first kappa shape index (κ1) is 35.4. The third-order valence-electron chi connectivity index (χ3n) is 8.18. The van der Waals surface area contributed by atoms with E-state index >= 15 is 0 Å². The average molecular weight is 583 g/mol. The van der Waals surface area contributed by atoms with Crippen LogP contribution in [0, 0.1) is 45.3 Å². The van der Waals surface area contributed by atoms with E-state index in [-0.39, 0.29) is 70.1 Å². The average Bonchev–Trinajstić information content (AvgIpc) is 2.82. The summed E-state index contributed by atoms with van der Waals surface area (Å²) >= 11 is 0. The number of hydrogen-bond donors (Lipinski definition) is 0. The zero-order valence-electron chi connectivity index (χ0n) is 28.1. The van der Waals surface area contributed by atoms with Crippen LogP contribution in [0.25, 0.3) is 0 Å². The number of ether oxygens (including phenoxy) is 2. The molecule has 2 aliphatic rings. The second-order valence-corrected chi connectivity index (χ2v) is 16.1. The molecular weight excluding hydrogens is 528 g/mol. The maximum Gasteiger partial charge on any atom is 0.330 e. The van der Waals surface area contributed by atoms with Gasteiger partial charge in [-0.15, -0.1) is 0 Å². The molecule has 2 rings (SSSR count). The molecule has 234 valence electrons. The molecule has 0 aromatic heterocycles. The van der Waals surface area contributed by atoms with Crippen molar-refractivity contribution in [1.82, 2.24) is 0 Å². The van der Waals surface area contributed by atoms with Gasteiger partial charge in [0.2, 0.25) is 0 Å². The van der Waals surface area contributed by atoms with E-state index in [4.69, 9.17) is 9.47 Å². The van der Waals surface area contributed by atoms with Gasteiger partial charge < -0.3 is 9.47 Å². The largest absolute Gasteiger partial charge is 0.459 e. The summed E-state index contributed by atoms with van der Waals surface area (Å²) in [7, 11) is 0. The highest BCUT2D eigenvalue weighted by atomic mass is 16.6. The Morgan fingerprint density at radius 1 is 0.643 bits per heavy atom. The SMILES string of the molecule is CC(C)(C)C1=CC(C=CC(=O)OCCOC(=O)C=CC2C=C(C(C)(C)C)C(=O)C(C(C)(C)C)C2)CC(C(C)(C)C)C1=O. The maximum atomic E-state index is 13.1. The van der Waals surface area contributed by atoms with Gasteiger partial charge in [0.15, 0.2) is 11.6 Å². The van der Waals surface area contributed by atoms with Crippen molar-refractivity contribution in [3.05, 3.63) is 47.6 Å². The summed E-state index contributed by atoms with van der Waals surface area (Å²) in [5.74, 6) is -0.995. The zero-order valence-corrected chi connectivity index (χ0v) is 28.1. The fraction of sp³-hybridized carbons (Fsp3) is 0.667. The molecule has 0 spiro atoms. The molecule has 4 atom stereocenters. The van der Waals surface area contributed by atoms with Crippen molar-refractivity contribution in [1.29, 1.82) is 0 Å². The van der Waals surface area contributed by atoms with Crippen LogP contribution in [-0.2, 0) is 28.7 Å². The van der Waals surface area contributed by atoms with E-state index < -0.39 is 11.9 Å². The Labute approximate surface area is 254 Å². The predicted octanol–water partition coefficient (Wildman–Crippen LogP) is 7.63. The monoisotopic (exact) mass is 582 g/mol. The molecule has 0 aliphatic heterocycles. The Bertz CT molecular complexity index is 1060. The molecule has 0 aromatic rings.